The lowest BCUT2D eigenvalue weighted by molar-refractivity contribution is 0.0499. The zero-order valence-electron chi connectivity index (χ0n) is 9.33. The fourth-order valence-electron chi connectivity index (χ4n) is 1.30. The number of rotatable bonds is 5. The Bertz CT molecular complexity index is 366. The highest BCUT2D eigenvalue weighted by atomic mass is 79.9. The van der Waals surface area contributed by atoms with Crippen LogP contribution in [-0.2, 0) is 4.74 Å². The fraction of sp³-hybridized carbons (Fsp3) is 0.417. The van der Waals surface area contributed by atoms with E-state index in [1.807, 2.05) is 0 Å². The van der Waals surface area contributed by atoms with Crippen LogP contribution < -0.4 is 5.73 Å². The molecule has 0 aromatic heterocycles. The monoisotopic (exact) mass is 285 g/mol. The summed E-state index contributed by atoms with van der Waals surface area (Å²) in [5.74, 6) is -0.352. The minimum Gasteiger partial charge on any atom is -0.462 e. The second-order valence-corrected chi connectivity index (χ2v) is 4.49. The van der Waals surface area contributed by atoms with Gasteiger partial charge in [-0.15, -0.1) is 0 Å². The topological polar surface area (TPSA) is 52.3 Å². The van der Waals surface area contributed by atoms with Crippen LogP contribution in [0.15, 0.2) is 22.7 Å². The summed E-state index contributed by atoms with van der Waals surface area (Å²) in [6.45, 7) is 2.56. The number of halogens is 1. The Balaban J connectivity index is 2.55. The molecule has 0 atom stereocenters. The number of hydrogen-bond donors (Lipinski definition) is 1. The largest absolute Gasteiger partial charge is 0.462 e. The van der Waals surface area contributed by atoms with E-state index in [4.69, 9.17) is 10.5 Å². The number of carbonyl (C=O) groups excluding carboxylic acids is 1. The van der Waals surface area contributed by atoms with E-state index in [0.29, 0.717) is 17.9 Å². The van der Waals surface area contributed by atoms with Crippen LogP contribution >= 0.6 is 15.9 Å². The zero-order valence-corrected chi connectivity index (χ0v) is 10.9. The molecular weight excluding hydrogens is 270 g/mol. The summed E-state index contributed by atoms with van der Waals surface area (Å²) in [6.07, 6.45) is 3.08. The highest BCUT2D eigenvalue weighted by Gasteiger charge is 2.11. The Morgan fingerprint density at radius 3 is 2.88 bits per heavy atom. The van der Waals surface area contributed by atoms with Crippen molar-refractivity contribution in [2.24, 2.45) is 0 Å². The van der Waals surface area contributed by atoms with E-state index in [2.05, 4.69) is 22.9 Å². The Labute approximate surface area is 104 Å². The highest BCUT2D eigenvalue weighted by Crippen LogP contribution is 2.19. The number of nitrogen functional groups attached to an aromatic ring is 1. The van der Waals surface area contributed by atoms with Crippen molar-refractivity contribution in [2.75, 3.05) is 12.3 Å². The third-order valence-corrected chi connectivity index (χ3v) is 2.71. The molecule has 0 unspecified atom stereocenters. The summed E-state index contributed by atoms with van der Waals surface area (Å²) < 4.78 is 5.95. The Kier molecular flexibility index (Phi) is 5.32. The van der Waals surface area contributed by atoms with E-state index in [1.165, 1.54) is 0 Å². The number of unbranched alkanes of at least 4 members (excludes halogenated alkanes) is 2. The van der Waals surface area contributed by atoms with Crippen LogP contribution in [0.1, 0.15) is 36.5 Å². The fourth-order valence-corrected chi connectivity index (χ4v) is 1.66. The Hall–Kier alpha value is -1.03. The van der Waals surface area contributed by atoms with Crippen LogP contribution in [0.3, 0.4) is 0 Å². The van der Waals surface area contributed by atoms with E-state index in [-0.39, 0.29) is 5.97 Å². The third kappa shape index (κ3) is 3.85. The average Bonchev–Trinajstić information content (AvgIpc) is 2.27. The molecule has 3 nitrogen and oxygen atoms in total. The molecule has 0 heterocycles. The molecule has 0 spiro atoms. The van der Waals surface area contributed by atoms with Crippen molar-refractivity contribution in [1.82, 2.24) is 0 Å². The number of anilines is 1. The number of hydrogen-bond acceptors (Lipinski definition) is 3. The molecule has 1 aromatic rings. The van der Waals surface area contributed by atoms with Crippen molar-refractivity contribution in [3.05, 3.63) is 28.2 Å². The molecule has 0 bridgehead atoms. The van der Waals surface area contributed by atoms with Gasteiger partial charge < -0.3 is 10.5 Å². The molecule has 1 aromatic carbocycles. The van der Waals surface area contributed by atoms with Crippen molar-refractivity contribution in [1.29, 1.82) is 0 Å². The molecule has 0 radical (unpaired) electrons. The summed E-state index contributed by atoms with van der Waals surface area (Å²) in [5.41, 5.74) is 6.57. The quantitative estimate of drug-likeness (QED) is 0.513. The molecule has 0 saturated heterocycles. The van der Waals surface area contributed by atoms with E-state index < -0.39 is 0 Å². The smallest absolute Gasteiger partial charge is 0.340 e. The Morgan fingerprint density at radius 1 is 1.44 bits per heavy atom. The molecule has 2 N–H and O–H groups in total. The highest BCUT2D eigenvalue weighted by molar-refractivity contribution is 9.10. The molecule has 4 heteroatoms. The van der Waals surface area contributed by atoms with E-state index in [1.54, 1.807) is 18.2 Å². The van der Waals surface area contributed by atoms with Gasteiger partial charge >= 0.3 is 5.97 Å². The first-order valence-corrected chi connectivity index (χ1v) is 6.16. The van der Waals surface area contributed by atoms with Crippen LogP contribution in [0.25, 0.3) is 0 Å². The van der Waals surface area contributed by atoms with Gasteiger partial charge in [0, 0.05) is 10.2 Å². The van der Waals surface area contributed by atoms with E-state index in [0.717, 1.165) is 23.7 Å². The standard InChI is InChI=1S/C12H16BrNO2/c1-2-3-4-7-16-12(15)10-8-9(13)5-6-11(10)14/h5-6,8H,2-4,7,14H2,1H3. The van der Waals surface area contributed by atoms with Gasteiger partial charge in [-0.25, -0.2) is 4.79 Å². The lowest BCUT2D eigenvalue weighted by Crippen LogP contribution is -2.09. The molecular formula is C12H16BrNO2. The maximum absolute atomic E-state index is 11.7. The number of ether oxygens (including phenoxy) is 1. The van der Waals surface area contributed by atoms with Crippen LogP contribution in [-0.4, -0.2) is 12.6 Å². The van der Waals surface area contributed by atoms with Gasteiger partial charge in [0.2, 0.25) is 0 Å². The molecule has 0 aliphatic carbocycles. The van der Waals surface area contributed by atoms with Crippen molar-refractivity contribution in [3.8, 4) is 0 Å². The molecule has 1 rings (SSSR count). The summed E-state index contributed by atoms with van der Waals surface area (Å²) in [5, 5.41) is 0. The summed E-state index contributed by atoms with van der Waals surface area (Å²) in [7, 11) is 0. The summed E-state index contributed by atoms with van der Waals surface area (Å²) in [6, 6.07) is 5.16. The molecule has 88 valence electrons. The van der Waals surface area contributed by atoms with Gasteiger partial charge in [0.05, 0.1) is 12.2 Å². The third-order valence-electron chi connectivity index (χ3n) is 2.22. The van der Waals surface area contributed by atoms with Crippen LogP contribution in [0, 0.1) is 0 Å². The predicted molar refractivity (Wildman–Crippen MR) is 68.4 cm³/mol. The molecule has 16 heavy (non-hydrogen) atoms. The lowest BCUT2D eigenvalue weighted by atomic mass is 10.2. The van der Waals surface area contributed by atoms with E-state index >= 15 is 0 Å². The van der Waals surface area contributed by atoms with Gasteiger partial charge in [-0.05, 0) is 24.6 Å². The van der Waals surface area contributed by atoms with Gasteiger partial charge in [-0.1, -0.05) is 35.7 Å². The van der Waals surface area contributed by atoms with Crippen LogP contribution in [0.2, 0.25) is 0 Å². The first-order chi connectivity index (χ1) is 7.65. The van der Waals surface area contributed by atoms with Crippen molar-refractivity contribution in [3.63, 3.8) is 0 Å². The molecule has 0 aliphatic rings. The van der Waals surface area contributed by atoms with Crippen LogP contribution in [0.5, 0.6) is 0 Å². The predicted octanol–water partition coefficient (Wildman–Crippen LogP) is 3.38. The van der Waals surface area contributed by atoms with E-state index in [9.17, 15) is 4.79 Å². The Morgan fingerprint density at radius 2 is 2.19 bits per heavy atom. The average molecular weight is 286 g/mol. The van der Waals surface area contributed by atoms with Gasteiger partial charge in [0.1, 0.15) is 0 Å². The van der Waals surface area contributed by atoms with Crippen LogP contribution in [0.4, 0.5) is 5.69 Å². The van der Waals surface area contributed by atoms with Gasteiger partial charge in [0.15, 0.2) is 0 Å². The number of nitrogens with two attached hydrogens (primary N) is 1. The van der Waals surface area contributed by atoms with Gasteiger partial charge in [0.25, 0.3) is 0 Å². The molecule has 0 fully saturated rings. The minimum absolute atomic E-state index is 0.352. The first-order valence-electron chi connectivity index (χ1n) is 5.37. The molecule has 0 saturated carbocycles. The summed E-state index contributed by atoms with van der Waals surface area (Å²) >= 11 is 3.29. The second-order valence-electron chi connectivity index (χ2n) is 3.57. The minimum atomic E-state index is -0.352. The van der Waals surface area contributed by atoms with Gasteiger partial charge in [-0.2, -0.15) is 0 Å². The number of benzene rings is 1. The lowest BCUT2D eigenvalue weighted by Gasteiger charge is -2.07. The normalized spacial score (nSPS) is 10.1. The first kappa shape index (κ1) is 13.0. The van der Waals surface area contributed by atoms with Crippen molar-refractivity contribution < 1.29 is 9.53 Å². The SMILES string of the molecule is CCCCCOC(=O)c1cc(Br)ccc1N. The number of carbonyl (C=O) groups is 1. The second kappa shape index (κ2) is 6.53. The summed E-state index contributed by atoms with van der Waals surface area (Å²) in [4.78, 5) is 11.7. The zero-order chi connectivity index (χ0) is 12.0. The maximum Gasteiger partial charge on any atom is 0.340 e. The number of esters is 1. The van der Waals surface area contributed by atoms with Gasteiger partial charge in [-0.3, -0.25) is 0 Å². The maximum atomic E-state index is 11.7. The van der Waals surface area contributed by atoms with Crippen molar-refractivity contribution in [2.45, 2.75) is 26.2 Å². The molecule has 0 aliphatic heterocycles. The molecule has 0 amide bonds. The van der Waals surface area contributed by atoms with Crippen molar-refractivity contribution >= 4 is 27.6 Å².